The van der Waals surface area contributed by atoms with Gasteiger partial charge in [-0.3, -0.25) is 4.79 Å². The Morgan fingerprint density at radius 1 is 1.35 bits per heavy atom. The van der Waals surface area contributed by atoms with E-state index in [0.717, 1.165) is 31.9 Å². The number of rotatable bonds is 6. The second-order valence-electron chi connectivity index (χ2n) is 5.85. The number of fused-ring (bicyclic) bond motifs is 2. The molecular formula is C14H25NO2. The second kappa shape index (κ2) is 5.85. The van der Waals surface area contributed by atoms with Gasteiger partial charge < -0.3 is 10.1 Å². The molecule has 2 aliphatic rings. The lowest BCUT2D eigenvalue weighted by Gasteiger charge is -2.20. The largest absolute Gasteiger partial charge is 0.379 e. The average Bonchev–Trinajstić information content (AvgIpc) is 2.89. The highest BCUT2D eigenvalue weighted by atomic mass is 16.5. The smallest absolute Gasteiger partial charge is 0.223 e. The van der Waals surface area contributed by atoms with E-state index in [1.54, 1.807) is 0 Å². The highest BCUT2D eigenvalue weighted by Crippen LogP contribution is 2.48. The number of carbonyl (C=O) groups excluding carboxylic acids is 1. The molecule has 0 aromatic heterocycles. The van der Waals surface area contributed by atoms with Crippen molar-refractivity contribution in [3.8, 4) is 0 Å². The Kier molecular flexibility index (Phi) is 4.43. The molecule has 0 aromatic rings. The molecule has 17 heavy (non-hydrogen) atoms. The maximum atomic E-state index is 12.0. The van der Waals surface area contributed by atoms with Crippen LogP contribution in [0, 0.1) is 17.8 Å². The zero-order valence-corrected chi connectivity index (χ0v) is 11.1. The summed E-state index contributed by atoms with van der Waals surface area (Å²) in [5.74, 6) is 2.15. The molecule has 3 unspecified atom stereocenters. The minimum absolute atomic E-state index is 0.288. The first-order valence-corrected chi connectivity index (χ1v) is 7.06. The third-order valence-corrected chi connectivity index (χ3v) is 4.15. The predicted molar refractivity (Wildman–Crippen MR) is 67.7 cm³/mol. The van der Waals surface area contributed by atoms with Crippen molar-refractivity contribution in [2.75, 3.05) is 13.2 Å². The van der Waals surface area contributed by atoms with E-state index < -0.39 is 0 Å². The van der Waals surface area contributed by atoms with Crippen molar-refractivity contribution in [2.45, 2.75) is 52.1 Å². The van der Waals surface area contributed by atoms with Gasteiger partial charge in [0.25, 0.3) is 0 Å². The fourth-order valence-corrected chi connectivity index (χ4v) is 3.30. The standard InChI is InChI=1S/C14H25NO2/c1-10(2)17-7-3-6-15-14(16)13-9-11-4-5-12(13)8-11/h10-13H,3-9H2,1-2H3,(H,15,16). The Morgan fingerprint density at radius 3 is 2.76 bits per heavy atom. The van der Waals surface area contributed by atoms with Crippen LogP contribution in [0.4, 0.5) is 0 Å². The molecule has 1 N–H and O–H groups in total. The first kappa shape index (κ1) is 12.9. The summed E-state index contributed by atoms with van der Waals surface area (Å²) in [4.78, 5) is 12.0. The first-order chi connectivity index (χ1) is 8.16. The maximum Gasteiger partial charge on any atom is 0.223 e. The summed E-state index contributed by atoms with van der Waals surface area (Å²) in [6.45, 7) is 5.58. The lowest BCUT2D eigenvalue weighted by Crippen LogP contribution is -2.34. The van der Waals surface area contributed by atoms with Gasteiger partial charge in [0, 0.05) is 19.1 Å². The fraction of sp³-hybridized carbons (Fsp3) is 0.929. The molecule has 0 aliphatic heterocycles. The summed E-state index contributed by atoms with van der Waals surface area (Å²) < 4.78 is 5.45. The van der Waals surface area contributed by atoms with Gasteiger partial charge in [0.1, 0.15) is 0 Å². The summed E-state index contributed by atoms with van der Waals surface area (Å²) in [5.41, 5.74) is 0. The molecule has 3 atom stereocenters. The van der Waals surface area contributed by atoms with Crippen LogP contribution in [0.1, 0.15) is 46.0 Å². The van der Waals surface area contributed by atoms with Crippen LogP contribution in [-0.2, 0) is 9.53 Å². The van der Waals surface area contributed by atoms with Crippen LogP contribution in [0.2, 0.25) is 0 Å². The van der Waals surface area contributed by atoms with Crippen molar-refractivity contribution in [3.05, 3.63) is 0 Å². The fourth-order valence-electron chi connectivity index (χ4n) is 3.30. The molecule has 0 radical (unpaired) electrons. The van der Waals surface area contributed by atoms with E-state index in [1.165, 1.54) is 19.3 Å². The molecule has 98 valence electrons. The van der Waals surface area contributed by atoms with Crippen molar-refractivity contribution in [2.24, 2.45) is 17.8 Å². The monoisotopic (exact) mass is 239 g/mol. The molecule has 2 rings (SSSR count). The molecule has 3 heteroatoms. The third kappa shape index (κ3) is 3.44. The van der Waals surface area contributed by atoms with E-state index in [1.807, 2.05) is 13.8 Å². The van der Waals surface area contributed by atoms with Crippen LogP contribution in [-0.4, -0.2) is 25.2 Å². The van der Waals surface area contributed by atoms with Gasteiger partial charge in [0.2, 0.25) is 5.91 Å². The van der Waals surface area contributed by atoms with Crippen molar-refractivity contribution in [3.63, 3.8) is 0 Å². The van der Waals surface area contributed by atoms with Gasteiger partial charge in [-0.1, -0.05) is 6.42 Å². The molecule has 3 nitrogen and oxygen atoms in total. The molecular weight excluding hydrogens is 214 g/mol. The highest BCUT2D eigenvalue weighted by Gasteiger charge is 2.42. The number of hydrogen-bond donors (Lipinski definition) is 1. The number of nitrogens with one attached hydrogen (secondary N) is 1. The van der Waals surface area contributed by atoms with Crippen molar-refractivity contribution >= 4 is 5.91 Å². The normalized spacial score (nSPS) is 31.1. The van der Waals surface area contributed by atoms with Gasteiger partial charge in [-0.2, -0.15) is 0 Å². The maximum absolute atomic E-state index is 12.0. The molecule has 0 heterocycles. The Morgan fingerprint density at radius 2 is 2.18 bits per heavy atom. The third-order valence-electron chi connectivity index (χ3n) is 4.15. The Balaban J connectivity index is 1.58. The highest BCUT2D eigenvalue weighted by molar-refractivity contribution is 5.79. The summed E-state index contributed by atoms with van der Waals surface area (Å²) in [7, 11) is 0. The van der Waals surface area contributed by atoms with Gasteiger partial charge in [-0.25, -0.2) is 0 Å². The zero-order valence-electron chi connectivity index (χ0n) is 11.1. The van der Waals surface area contributed by atoms with E-state index in [9.17, 15) is 4.79 Å². The first-order valence-electron chi connectivity index (χ1n) is 7.06. The summed E-state index contributed by atoms with van der Waals surface area (Å²) in [6, 6.07) is 0. The van der Waals surface area contributed by atoms with Crippen molar-refractivity contribution < 1.29 is 9.53 Å². The predicted octanol–water partition coefficient (Wildman–Crippen LogP) is 2.35. The lowest BCUT2D eigenvalue weighted by molar-refractivity contribution is -0.126. The van der Waals surface area contributed by atoms with Crippen LogP contribution in [0.5, 0.6) is 0 Å². The lowest BCUT2D eigenvalue weighted by atomic mass is 9.88. The Hall–Kier alpha value is -0.570. The number of hydrogen-bond acceptors (Lipinski definition) is 2. The molecule has 0 saturated heterocycles. The van der Waals surface area contributed by atoms with E-state index >= 15 is 0 Å². The summed E-state index contributed by atoms with van der Waals surface area (Å²) >= 11 is 0. The van der Waals surface area contributed by atoms with E-state index in [4.69, 9.17) is 4.74 Å². The van der Waals surface area contributed by atoms with E-state index in [2.05, 4.69) is 5.32 Å². The molecule has 2 fully saturated rings. The van der Waals surface area contributed by atoms with Crippen molar-refractivity contribution in [1.82, 2.24) is 5.32 Å². The quantitative estimate of drug-likeness (QED) is 0.723. The minimum Gasteiger partial charge on any atom is -0.379 e. The van der Waals surface area contributed by atoms with Crippen LogP contribution < -0.4 is 5.32 Å². The van der Waals surface area contributed by atoms with Crippen LogP contribution >= 0.6 is 0 Å². The molecule has 2 aliphatic carbocycles. The van der Waals surface area contributed by atoms with Gasteiger partial charge in [-0.15, -0.1) is 0 Å². The second-order valence-corrected chi connectivity index (χ2v) is 5.85. The Labute approximate surface area is 104 Å². The van der Waals surface area contributed by atoms with Gasteiger partial charge >= 0.3 is 0 Å². The topological polar surface area (TPSA) is 38.3 Å². The van der Waals surface area contributed by atoms with E-state index in [-0.39, 0.29) is 6.10 Å². The molecule has 2 saturated carbocycles. The molecule has 1 amide bonds. The average molecular weight is 239 g/mol. The zero-order chi connectivity index (χ0) is 12.3. The van der Waals surface area contributed by atoms with Crippen molar-refractivity contribution in [1.29, 1.82) is 0 Å². The summed E-state index contributed by atoms with van der Waals surface area (Å²) in [5, 5.41) is 3.06. The molecule has 0 aromatic carbocycles. The van der Waals surface area contributed by atoms with Crippen LogP contribution in [0.15, 0.2) is 0 Å². The molecule has 2 bridgehead atoms. The number of carbonyl (C=O) groups is 1. The van der Waals surface area contributed by atoms with Gasteiger partial charge in [0.15, 0.2) is 0 Å². The summed E-state index contributed by atoms with van der Waals surface area (Å²) in [6.07, 6.45) is 6.28. The van der Waals surface area contributed by atoms with Crippen LogP contribution in [0.3, 0.4) is 0 Å². The number of ether oxygens (including phenoxy) is 1. The Bertz CT molecular complexity index is 265. The van der Waals surface area contributed by atoms with Crippen LogP contribution in [0.25, 0.3) is 0 Å². The van der Waals surface area contributed by atoms with Gasteiger partial charge in [0.05, 0.1) is 6.10 Å². The SMILES string of the molecule is CC(C)OCCCNC(=O)C1CC2CCC1C2. The number of amides is 1. The van der Waals surface area contributed by atoms with Gasteiger partial charge in [-0.05, 0) is 51.4 Å². The molecule has 0 spiro atoms. The minimum atomic E-state index is 0.288. The van der Waals surface area contributed by atoms with E-state index in [0.29, 0.717) is 17.7 Å².